The molecule has 2 amide bonds. The first-order valence-electron chi connectivity index (χ1n) is 11.4. The van der Waals surface area contributed by atoms with E-state index < -0.39 is 5.91 Å². The van der Waals surface area contributed by atoms with Crippen molar-refractivity contribution in [1.82, 2.24) is 10.2 Å². The fourth-order valence-corrected chi connectivity index (χ4v) is 3.98. The SMILES string of the molecule is CCN1CCN(c2ccc(NC(=O)CNC(=O)c3cc(OC)c(OC)c(OC)c3)c(C)c2)CC1. The van der Waals surface area contributed by atoms with Gasteiger partial charge in [0.2, 0.25) is 11.7 Å². The third-order valence-corrected chi connectivity index (χ3v) is 6.01. The van der Waals surface area contributed by atoms with Crippen LogP contribution in [0.15, 0.2) is 30.3 Å². The van der Waals surface area contributed by atoms with E-state index in [4.69, 9.17) is 14.2 Å². The van der Waals surface area contributed by atoms with Gasteiger partial charge in [-0.25, -0.2) is 0 Å². The maximum atomic E-state index is 12.6. The summed E-state index contributed by atoms with van der Waals surface area (Å²) in [5, 5.41) is 5.51. The number of ether oxygens (including phenoxy) is 3. The topological polar surface area (TPSA) is 92.4 Å². The minimum atomic E-state index is -0.423. The monoisotopic (exact) mass is 470 g/mol. The number of anilines is 2. The highest BCUT2D eigenvalue weighted by atomic mass is 16.5. The third kappa shape index (κ3) is 5.91. The lowest BCUT2D eigenvalue weighted by Crippen LogP contribution is -2.46. The van der Waals surface area contributed by atoms with Crippen molar-refractivity contribution in [2.24, 2.45) is 0 Å². The Hall–Kier alpha value is -3.46. The van der Waals surface area contributed by atoms with Crippen LogP contribution in [-0.4, -0.2) is 77.3 Å². The molecule has 0 saturated carbocycles. The largest absolute Gasteiger partial charge is 0.493 e. The second kappa shape index (κ2) is 11.6. The minimum Gasteiger partial charge on any atom is -0.493 e. The van der Waals surface area contributed by atoms with Crippen LogP contribution in [0.4, 0.5) is 11.4 Å². The summed E-state index contributed by atoms with van der Waals surface area (Å²) in [7, 11) is 4.45. The van der Waals surface area contributed by atoms with Gasteiger partial charge in [0.25, 0.3) is 5.91 Å². The molecule has 2 aromatic carbocycles. The van der Waals surface area contributed by atoms with Gasteiger partial charge in [0.05, 0.1) is 27.9 Å². The van der Waals surface area contributed by atoms with Crippen molar-refractivity contribution < 1.29 is 23.8 Å². The molecule has 0 bridgehead atoms. The van der Waals surface area contributed by atoms with Crippen molar-refractivity contribution in [2.75, 3.05) is 70.8 Å². The summed E-state index contributed by atoms with van der Waals surface area (Å²) >= 11 is 0. The molecule has 0 radical (unpaired) electrons. The fourth-order valence-electron chi connectivity index (χ4n) is 3.98. The Bertz CT molecular complexity index is 993. The van der Waals surface area contributed by atoms with Gasteiger partial charge in [0, 0.05) is 43.1 Å². The van der Waals surface area contributed by atoms with Crippen molar-refractivity contribution in [3.8, 4) is 17.2 Å². The van der Waals surface area contributed by atoms with Gasteiger partial charge in [0.15, 0.2) is 11.5 Å². The average Bonchev–Trinajstić information content (AvgIpc) is 2.87. The molecule has 0 atom stereocenters. The van der Waals surface area contributed by atoms with Crippen LogP contribution in [0.3, 0.4) is 0 Å². The lowest BCUT2D eigenvalue weighted by atomic mass is 10.1. The smallest absolute Gasteiger partial charge is 0.251 e. The van der Waals surface area contributed by atoms with Gasteiger partial charge in [0.1, 0.15) is 0 Å². The highest BCUT2D eigenvalue weighted by molar-refractivity contribution is 6.00. The first-order chi connectivity index (χ1) is 16.4. The molecule has 0 aromatic heterocycles. The minimum absolute atomic E-state index is 0.171. The molecule has 9 heteroatoms. The Morgan fingerprint density at radius 3 is 2.12 bits per heavy atom. The normalized spacial score (nSPS) is 13.9. The van der Waals surface area contributed by atoms with Crippen LogP contribution in [-0.2, 0) is 4.79 Å². The summed E-state index contributed by atoms with van der Waals surface area (Å²) in [6.45, 7) is 9.15. The van der Waals surface area contributed by atoms with Crippen molar-refractivity contribution in [1.29, 1.82) is 0 Å². The number of rotatable bonds is 9. The number of likely N-dealkylation sites (N-methyl/N-ethyl adjacent to an activating group) is 1. The van der Waals surface area contributed by atoms with E-state index in [2.05, 4.69) is 33.4 Å². The molecular weight excluding hydrogens is 436 g/mol. The van der Waals surface area contributed by atoms with Crippen LogP contribution < -0.4 is 29.7 Å². The van der Waals surface area contributed by atoms with E-state index in [-0.39, 0.29) is 12.5 Å². The third-order valence-electron chi connectivity index (χ3n) is 6.01. The molecule has 0 spiro atoms. The standard InChI is InChI=1S/C25H34N4O5/c1-6-28-9-11-29(12-10-28)19-7-8-20(17(2)13-19)27-23(30)16-26-25(31)18-14-21(32-3)24(34-5)22(15-18)33-4/h7-8,13-15H,6,9-12,16H2,1-5H3,(H,26,31)(H,27,30). The van der Waals surface area contributed by atoms with Crippen LogP contribution in [0, 0.1) is 6.92 Å². The van der Waals surface area contributed by atoms with Gasteiger partial charge in [-0.2, -0.15) is 0 Å². The summed E-state index contributed by atoms with van der Waals surface area (Å²) < 4.78 is 15.8. The second-order valence-corrected chi connectivity index (χ2v) is 8.07. The molecule has 1 aliphatic rings. The maximum Gasteiger partial charge on any atom is 0.251 e. The molecule has 9 nitrogen and oxygen atoms in total. The van der Waals surface area contributed by atoms with E-state index in [1.165, 1.54) is 33.5 Å². The molecule has 2 aromatic rings. The molecule has 1 aliphatic heterocycles. The number of piperazine rings is 1. The zero-order chi connectivity index (χ0) is 24.7. The highest BCUT2D eigenvalue weighted by Crippen LogP contribution is 2.38. The number of hydrogen-bond donors (Lipinski definition) is 2. The van der Waals surface area contributed by atoms with Crippen LogP contribution >= 0.6 is 0 Å². The molecule has 2 N–H and O–H groups in total. The van der Waals surface area contributed by atoms with Crippen LogP contribution in [0.5, 0.6) is 17.2 Å². The van der Waals surface area contributed by atoms with Gasteiger partial charge in [-0.15, -0.1) is 0 Å². The van der Waals surface area contributed by atoms with Crippen molar-refractivity contribution in [3.05, 3.63) is 41.5 Å². The van der Waals surface area contributed by atoms with E-state index in [9.17, 15) is 9.59 Å². The summed E-state index contributed by atoms with van der Waals surface area (Å²) in [5.41, 5.74) is 3.15. The number of hydrogen-bond acceptors (Lipinski definition) is 7. The summed E-state index contributed by atoms with van der Waals surface area (Å²) in [6, 6.07) is 9.11. The van der Waals surface area contributed by atoms with Gasteiger partial charge in [-0.05, 0) is 49.4 Å². The molecule has 0 unspecified atom stereocenters. The van der Waals surface area contributed by atoms with Crippen molar-refractivity contribution in [2.45, 2.75) is 13.8 Å². The average molecular weight is 471 g/mol. The lowest BCUT2D eigenvalue weighted by Gasteiger charge is -2.35. The van der Waals surface area contributed by atoms with Gasteiger partial charge >= 0.3 is 0 Å². The van der Waals surface area contributed by atoms with Crippen molar-refractivity contribution in [3.63, 3.8) is 0 Å². The number of nitrogens with one attached hydrogen (secondary N) is 2. The highest BCUT2D eigenvalue weighted by Gasteiger charge is 2.19. The Morgan fingerprint density at radius 2 is 1.59 bits per heavy atom. The lowest BCUT2D eigenvalue weighted by molar-refractivity contribution is -0.115. The number of aryl methyl sites for hydroxylation is 1. The number of nitrogens with zero attached hydrogens (tertiary/aromatic N) is 2. The van der Waals surface area contributed by atoms with E-state index >= 15 is 0 Å². The van der Waals surface area contributed by atoms with E-state index in [0.717, 1.165) is 49.7 Å². The Labute approximate surface area is 201 Å². The van der Waals surface area contributed by atoms with E-state index in [1.807, 2.05) is 19.1 Å². The number of carbonyl (C=O) groups excluding carboxylic acids is 2. The van der Waals surface area contributed by atoms with E-state index in [0.29, 0.717) is 22.8 Å². The number of carbonyl (C=O) groups is 2. The second-order valence-electron chi connectivity index (χ2n) is 8.07. The van der Waals surface area contributed by atoms with E-state index in [1.54, 1.807) is 0 Å². The molecule has 3 rings (SSSR count). The summed E-state index contributed by atoms with van der Waals surface area (Å²) in [6.07, 6.45) is 0. The molecule has 1 fully saturated rings. The molecule has 184 valence electrons. The Balaban J connectivity index is 1.58. The summed E-state index contributed by atoms with van der Waals surface area (Å²) in [4.78, 5) is 29.9. The van der Waals surface area contributed by atoms with Gasteiger partial charge < -0.3 is 34.6 Å². The van der Waals surface area contributed by atoms with Gasteiger partial charge in [-0.3, -0.25) is 9.59 Å². The molecular formula is C25H34N4O5. The Kier molecular flexibility index (Phi) is 8.59. The first-order valence-corrected chi connectivity index (χ1v) is 11.4. The molecule has 0 aliphatic carbocycles. The molecule has 1 saturated heterocycles. The van der Waals surface area contributed by atoms with Gasteiger partial charge in [-0.1, -0.05) is 6.92 Å². The molecule has 1 heterocycles. The molecule has 34 heavy (non-hydrogen) atoms. The van der Waals surface area contributed by atoms with Crippen LogP contribution in [0.25, 0.3) is 0 Å². The number of amides is 2. The zero-order valence-electron chi connectivity index (χ0n) is 20.6. The predicted octanol–water partition coefficient (Wildman–Crippen LogP) is 2.53. The predicted molar refractivity (Wildman–Crippen MR) is 133 cm³/mol. The van der Waals surface area contributed by atoms with Crippen LogP contribution in [0.2, 0.25) is 0 Å². The number of benzene rings is 2. The van der Waals surface area contributed by atoms with Crippen molar-refractivity contribution >= 4 is 23.2 Å². The fraction of sp³-hybridized carbons (Fsp3) is 0.440. The quantitative estimate of drug-likeness (QED) is 0.582. The maximum absolute atomic E-state index is 12.6. The van der Waals surface area contributed by atoms with Crippen LogP contribution in [0.1, 0.15) is 22.8 Å². The number of methoxy groups -OCH3 is 3. The first kappa shape index (κ1) is 25.2. The summed E-state index contributed by atoms with van der Waals surface area (Å²) in [5.74, 6) is 0.387. The zero-order valence-corrected chi connectivity index (χ0v) is 20.6. The Morgan fingerprint density at radius 1 is 0.941 bits per heavy atom.